The molecule has 0 radical (unpaired) electrons. The zero-order valence-electron chi connectivity index (χ0n) is 19.7. The topological polar surface area (TPSA) is 123 Å². The van der Waals surface area contributed by atoms with Crippen molar-refractivity contribution in [3.05, 3.63) is 41.6 Å². The van der Waals surface area contributed by atoms with Crippen LogP contribution in [0.2, 0.25) is 0 Å². The van der Waals surface area contributed by atoms with Gasteiger partial charge in [-0.05, 0) is 34.9 Å². The highest BCUT2D eigenvalue weighted by molar-refractivity contribution is 8.02. The molecule has 8 nitrogen and oxygen atoms in total. The molecule has 0 saturated carbocycles. The fourth-order valence-corrected chi connectivity index (χ4v) is 3.28. The van der Waals surface area contributed by atoms with Crippen LogP contribution >= 0.6 is 11.8 Å². The van der Waals surface area contributed by atoms with Crippen LogP contribution in [0.4, 0.5) is 10.1 Å². The van der Waals surface area contributed by atoms with Crippen molar-refractivity contribution < 1.29 is 23.5 Å². The standard InChI is InChI=1S/C23H35FN4O4S/c1-6-15(5)21(25)22(31)32-13-26-23(33-7-2)28-20(30)12-16-8-9-18(17(24)11-16)27-19(29)10-14(3)4/h7-9,11,14-15,21,23,26H,2,6,10,12-13,25H2,1,3-5H3,(H,27,29)(H,28,30)/t15-,21?,23?/m0/s1. The highest BCUT2D eigenvalue weighted by Gasteiger charge is 2.21. The molecule has 0 spiro atoms. The van der Waals surface area contributed by atoms with Crippen LogP contribution < -0.4 is 21.7 Å². The van der Waals surface area contributed by atoms with E-state index in [1.54, 1.807) is 6.07 Å². The summed E-state index contributed by atoms with van der Waals surface area (Å²) in [5.41, 5.74) is 5.75. The predicted molar refractivity (Wildman–Crippen MR) is 129 cm³/mol. The van der Waals surface area contributed by atoms with Gasteiger partial charge in [-0.1, -0.05) is 58.5 Å². The maximum absolute atomic E-state index is 14.3. The summed E-state index contributed by atoms with van der Waals surface area (Å²) in [6.07, 6.45) is 0.962. The van der Waals surface area contributed by atoms with Crippen LogP contribution in [-0.4, -0.2) is 36.1 Å². The van der Waals surface area contributed by atoms with Gasteiger partial charge in [-0.3, -0.25) is 19.7 Å². The quantitative estimate of drug-likeness (QED) is 0.237. The number of carbonyl (C=O) groups is 3. The lowest BCUT2D eigenvalue weighted by Crippen LogP contribution is -2.46. The van der Waals surface area contributed by atoms with Gasteiger partial charge in [-0.15, -0.1) is 0 Å². The van der Waals surface area contributed by atoms with Gasteiger partial charge in [0.25, 0.3) is 0 Å². The number of ether oxygens (including phenoxy) is 1. The van der Waals surface area contributed by atoms with E-state index in [1.807, 2.05) is 27.7 Å². The van der Waals surface area contributed by atoms with Crippen molar-refractivity contribution in [2.45, 2.75) is 58.5 Å². The van der Waals surface area contributed by atoms with E-state index in [0.29, 0.717) is 5.56 Å². The number of amides is 2. The van der Waals surface area contributed by atoms with E-state index in [4.69, 9.17) is 10.5 Å². The first-order valence-corrected chi connectivity index (χ1v) is 11.8. The summed E-state index contributed by atoms with van der Waals surface area (Å²) >= 11 is 1.18. The van der Waals surface area contributed by atoms with Gasteiger partial charge in [-0.2, -0.15) is 0 Å². The normalized spacial score (nSPS) is 13.7. The van der Waals surface area contributed by atoms with E-state index in [9.17, 15) is 18.8 Å². The fourth-order valence-electron chi connectivity index (χ4n) is 2.72. The van der Waals surface area contributed by atoms with Gasteiger partial charge >= 0.3 is 5.97 Å². The Bertz CT molecular complexity index is 822. The molecule has 0 aliphatic rings. The number of thioether (sulfide) groups is 1. The number of rotatable bonds is 14. The molecule has 0 saturated heterocycles. The molecule has 0 heterocycles. The molecule has 0 aliphatic heterocycles. The first kappa shape index (κ1) is 28.6. The van der Waals surface area contributed by atoms with Crippen molar-refractivity contribution in [3.63, 3.8) is 0 Å². The summed E-state index contributed by atoms with van der Waals surface area (Å²) in [4.78, 5) is 36.2. The Morgan fingerprint density at radius 3 is 2.52 bits per heavy atom. The number of hydrogen-bond donors (Lipinski definition) is 4. The summed E-state index contributed by atoms with van der Waals surface area (Å²) < 4.78 is 19.5. The molecule has 2 amide bonds. The molecule has 0 fully saturated rings. The number of carbonyl (C=O) groups excluding carboxylic acids is 3. The molecule has 1 rings (SSSR count). The minimum atomic E-state index is -0.718. The molecule has 0 bridgehead atoms. The second kappa shape index (κ2) is 14.7. The van der Waals surface area contributed by atoms with Crippen LogP contribution in [-0.2, 0) is 25.5 Å². The third-order valence-electron chi connectivity index (χ3n) is 4.80. The van der Waals surface area contributed by atoms with Gasteiger partial charge in [0.1, 0.15) is 24.1 Å². The van der Waals surface area contributed by atoms with E-state index in [-0.39, 0.29) is 48.9 Å². The Labute approximate surface area is 199 Å². The zero-order chi connectivity index (χ0) is 25.0. The number of esters is 1. The molecule has 5 N–H and O–H groups in total. The van der Waals surface area contributed by atoms with Crippen LogP contribution in [0, 0.1) is 17.7 Å². The van der Waals surface area contributed by atoms with Crippen molar-refractivity contribution in [2.24, 2.45) is 17.6 Å². The number of nitrogens with one attached hydrogen (secondary N) is 3. The molecule has 10 heteroatoms. The van der Waals surface area contributed by atoms with E-state index in [2.05, 4.69) is 22.5 Å². The summed E-state index contributed by atoms with van der Waals surface area (Å²) in [6, 6.07) is 3.51. The average molecular weight is 483 g/mol. The van der Waals surface area contributed by atoms with Crippen LogP contribution in [0.25, 0.3) is 0 Å². The Balaban J connectivity index is 2.59. The number of anilines is 1. The average Bonchev–Trinajstić information content (AvgIpc) is 2.73. The monoisotopic (exact) mass is 482 g/mol. The summed E-state index contributed by atoms with van der Waals surface area (Å²) in [6.45, 7) is 11.1. The van der Waals surface area contributed by atoms with Gasteiger partial charge in [0.2, 0.25) is 11.8 Å². The molecule has 3 atom stereocenters. The third kappa shape index (κ3) is 10.8. The highest BCUT2D eigenvalue weighted by Crippen LogP contribution is 2.17. The van der Waals surface area contributed by atoms with Gasteiger partial charge in [0.15, 0.2) is 0 Å². The van der Waals surface area contributed by atoms with Crippen LogP contribution in [0.3, 0.4) is 0 Å². The van der Waals surface area contributed by atoms with E-state index in [1.165, 1.54) is 29.3 Å². The predicted octanol–water partition coefficient (Wildman–Crippen LogP) is 3.09. The highest BCUT2D eigenvalue weighted by atomic mass is 32.2. The van der Waals surface area contributed by atoms with Crippen molar-refractivity contribution in [1.29, 1.82) is 0 Å². The molecule has 0 aliphatic carbocycles. The van der Waals surface area contributed by atoms with E-state index in [0.717, 1.165) is 6.42 Å². The van der Waals surface area contributed by atoms with Crippen molar-refractivity contribution in [1.82, 2.24) is 10.6 Å². The van der Waals surface area contributed by atoms with Gasteiger partial charge in [0, 0.05) is 6.42 Å². The van der Waals surface area contributed by atoms with Crippen LogP contribution in [0.1, 0.15) is 46.1 Å². The van der Waals surface area contributed by atoms with E-state index < -0.39 is 23.3 Å². The zero-order valence-corrected chi connectivity index (χ0v) is 20.5. The maximum Gasteiger partial charge on any atom is 0.324 e. The molecule has 1 aromatic rings. The lowest BCUT2D eigenvalue weighted by molar-refractivity contribution is -0.147. The Hall–Kier alpha value is -2.43. The van der Waals surface area contributed by atoms with Crippen molar-refractivity contribution >= 4 is 35.2 Å². The van der Waals surface area contributed by atoms with E-state index >= 15 is 0 Å². The smallest absolute Gasteiger partial charge is 0.324 e. The van der Waals surface area contributed by atoms with Gasteiger partial charge in [-0.25, -0.2) is 4.39 Å². The first-order chi connectivity index (χ1) is 15.6. The van der Waals surface area contributed by atoms with Gasteiger partial charge in [0.05, 0.1) is 12.1 Å². The summed E-state index contributed by atoms with van der Waals surface area (Å²) in [5.74, 6) is -1.63. The largest absolute Gasteiger partial charge is 0.448 e. The van der Waals surface area contributed by atoms with Crippen LogP contribution in [0.5, 0.6) is 0 Å². The van der Waals surface area contributed by atoms with Crippen LogP contribution in [0.15, 0.2) is 30.2 Å². The summed E-state index contributed by atoms with van der Waals surface area (Å²) in [5, 5.41) is 9.65. The molecule has 33 heavy (non-hydrogen) atoms. The first-order valence-electron chi connectivity index (χ1n) is 10.9. The third-order valence-corrected chi connectivity index (χ3v) is 5.55. The molecular formula is C23H35FN4O4S. The number of halogens is 1. The van der Waals surface area contributed by atoms with Gasteiger partial charge < -0.3 is 21.1 Å². The summed E-state index contributed by atoms with van der Waals surface area (Å²) in [7, 11) is 0. The number of nitrogens with two attached hydrogens (primary N) is 1. The molecule has 1 aromatic carbocycles. The Kier molecular flexibility index (Phi) is 12.7. The molecule has 184 valence electrons. The molecule has 2 unspecified atom stereocenters. The maximum atomic E-state index is 14.3. The second-order valence-electron chi connectivity index (χ2n) is 8.11. The Morgan fingerprint density at radius 1 is 1.24 bits per heavy atom. The lowest BCUT2D eigenvalue weighted by Gasteiger charge is -2.20. The number of benzene rings is 1. The number of hydrogen-bond acceptors (Lipinski definition) is 7. The lowest BCUT2D eigenvalue weighted by atomic mass is 10.0. The minimum absolute atomic E-state index is 0.00846. The molecule has 0 aromatic heterocycles. The minimum Gasteiger partial charge on any atom is -0.448 e. The fraction of sp³-hybridized carbons (Fsp3) is 0.522. The second-order valence-corrected chi connectivity index (χ2v) is 9.19. The van der Waals surface area contributed by atoms with Crippen molar-refractivity contribution in [2.75, 3.05) is 12.0 Å². The SMILES string of the molecule is C=CSC(NCOC(=O)C(N)[C@@H](C)CC)NC(=O)Cc1ccc(NC(=O)CC(C)C)c(F)c1. The van der Waals surface area contributed by atoms with Crippen molar-refractivity contribution in [3.8, 4) is 0 Å². The molecular weight excluding hydrogens is 447 g/mol. The Morgan fingerprint density at radius 2 is 1.94 bits per heavy atom.